The first kappa shape index (κ1) is 16.0. The van der Waals surface area contributed by atoms with Crippen molar-refractivity contribution in [3.63, 3.8) is 0 Å². The van der Waals surface area contributed by atoms with Crippen molar-refractivity contribution in [2.45, 2.75) is 45.6 Å². The van der Waals surface area contributed by atoms with Gasteiger partial charge in [-0.3, -0.25) is 4.90 Å². The number of para-hydroxylation sites is 1. The second kappa shape index (κ2) is 9.82. The molecule has 1 aromatic rings. The fourth-order valence-corrected chi connectivity index (χ4v) is 2.31. The van der Waals surface area contributed by atoms with Crippen LogP contribution in [0.2, 0.25) is 0 Å². The van der Waals surface area contributed by atoms with Crippen molar-refractivity contribution < 1.29 is 5.11 Å². The van der Waals surface area contributed by atoms with Crippen LogP contribution in [0.3, 0.4) is 0 Å². The lowest BCUT2D eigenvalue weighted by atomic mass is 10.1. The van der Waals surface area contributed by atoms with Crippen LogP contribution >= 0.6 is 0 Å². The Bertz CT molecular complexity index is 341. The number of benzene rings is 1. The van der Waals surface area contributed by atoms with Crippen LogP contribution < -0.4 is 5.73 Å². The van der Waals surface area contributed by atoms with Crippen LogP contribution in [-0.2, 0) is 6.54 Å². The molecule has 0 fully saturated rings. The normalized spacial score (nSPS) is 11.1. The van der Waals surface area contributed by atoms with Crippen LogP contribution in [0.4, 0.5) is 5.69 Å². The average molecular weight is 264 g/mol. The summed E-state index contributed by atoms with van der Waals surface area (Å²) in [6, 6.07) is 8.12. The van der Waals surface area contributed by atoms with Gasteiger partial charge in [0.1, 0.15) is 0 Å². The highest BCUT2D eigenvalue weighted by atomic mass is 16.2. The summed E-state index contributed by atoms with van der Waals surface area (Å²) >= 11 is 0. The lowest BCUT2D eigenvalue weighted by molar-refractivity contribution is 0.253. The standard InChI is InChI=1S/C16H28N2O/c1-2-11-18(12-7-3-4-8-13-19)14-15-9-5-6-10-16(15)17/h5-6,9-10,19H,2-4,7-8,11-14,17H2,1H3. The zero-order valence-electron chi connectivity index (χ0n) is 12.1. The van der Waals surface area contributed by atoms with Gasteiger partial charge in [-0.25, -0.2) is 0 Å². The maximum Gasteiger partial charge on any atom is 0.0431 e. The van der Waals surface area contributed by atoms with E-state index in [9.17, 15) is 0 Å². The van der Waals surface area contributed by atoms with Crippen molar-refractivity contribution in [1.82, 2.24) is 4.90 Å². The SMILES string of the molecule is CCCN(CCCCCCO)Cc1ccccc1N. The number of nitrogens with two attached hydrogens (primary N) is 1. The highest BCUT2D eigenvalue weighted by Crippen LogP contribution is 2.14. The zero-order valence-corrected chi connectivity index (χ0v) is 12.1. The van der Waals surface area contributed by atoms with Gasteiger partial charge in [0.25, 0.3) is 0 Å². The van der Waals surface area contributed by atoms with E-state index in [0.29, 0.717) is 6.61 Å². The molecule has 0 spiro atoms. The molecule has 0 saturated heterocycles. The van der Waals surface area contributed by atoms with Crippen LogP contribution in [0.25, 0.3) is 0 Å². The lowest BCUT2D eigenvalue weighted by Gasteiger charge is -2.22. The first-order chi connectivity index (χ1) is 9.27. The van der Waals surface area contributed by atoms with Gasteiger partial charge in [-0.05, 0) is 44.0 Å². The van der Waals surface area contributed by atoms with E-state index in [2.05, 4.69) is 24.0 Å². The van der Waals surface area contributed by atoms with E-state index < -0.39 is 0 Å². The Labute approximate surface area is 117 Å². The van der Waals surface area contributed by atoms with Gasteiger partial charge in [0.15, 0.2) is 0 Å². The van der Waals surface area contributed by atoms with Crippen molar-refractivity contribution in [2.75, 3.05) is 25.4 Å². The Morgan fingerprint density at radius 2 is 1.79 bits per heavy atom. The van der Waals surface area contributed by atoms with Gasteiger partial charge in [0, 0.05) is 18.8 Å². The molecule has 0 bridgehead atoms. The highest BCUT2D eigenvalue weighted by molar-refractivity contribution is 5.46. The number of aliphatic hydroxyl groups excluding tert-OH is 1. The quantitative estimate of drug-likeness (QED) is 0.504. The average Bonchev–Trinajstić information content (AvgIpc) is 2.41. The molecule has 0 saturated carbocycles. The van der Waals surface area contributed by atoms with Crippen LogP contribution in [0.1, 0.15) is 44.6 Å². The summed E-state index contributed by atoms with van der Waals surface area (Å²) in [5.41, 5.74) is 8.13. The van der Waals surface area contributed by atoms with Crippen molar-refractivity contribution in [2.24, 2.45) is 0 Å². The van der Waals surface area contributed by atoms with E-state index >= 15 is 0 Å². The molecule has 1 aromatic carbocycles. The summed E-state index contributed by atoms with van der Waals surface area (Å²) < 4.78 is 0. The van der Waals surface area contributed by atoms with Gasteiger partial charge in [0.2, 0.25) is 0 Å². The third-order valence-corrected chi connectivity index (χ3v) is 3.37. The van der Waals surface area contributed by atoms with E-state index in [0.717, 1.165) is 38.2 Å². The van der Waals surface area contributed by atoms with Crippen molar-refractivity contribution in [1.29, 1.82) is 0 Å². The molecule has 3 nitrogen and oxygen atoms in total. The number of anilines is 1. The maximum absolute atomic E-state index is 8.76. The first-order valence-corrected chi connectivity index (χ1v) is 7.44. The summed E-state index contributed by atoms with van der Waals surface area (Å²) in [6.45, 7) is 5.72. The van der Waals surface area contributed by atoms with Gasteiger partial charge in [-0.1, -0.05) is 38.0 Å². The molecule has 3 N–H and O–H groups in total. The molecule has 0 aliphatic rings. The topological polar surface area (TPSA) is 49.5 Å². The Morgan fingerprint density at radius 3 is 2.47 bits per heavy atom. The van der Waals surface area contributed by atoms with Crippen LogP contribution in [0.5, 0.6) is 0 Å². The Balaban J connectivity index is 2.37. The lowest BCUT2D eigenvalue weighted by Crippen LogP contribution is -2.25. The number of nitrogens with zero attached hydrogens (tertiary/aromatic N) is 1. The molecular weight excluding hydrogens is 236 g/mol. The molecule has 0 aliphatic heterocycles. The predicted molar refractivity (Wildman–Crippen MR) is 82.0 cm³/mol. The summed E-state index contributed by atoms with van der Waals surface area (Å²) in [5.74, 6) is 0. The van der Waals surface area contributed by atoms with Gasteiger partial charge in [-0.2, -0.15) is 0 Å². The minimum atomic E-state index is 0.319. The van der Waals surface area contributed by atoms with E-state index in [1.807, 2.05) is 12.1 Å². The van der Waals surface area contributed by atoms with Crippen molar-refractivity contribution >= 4 is 5.69 Å². The molecule has 0 aliphatic carbocycles. The molecule has 0 radical (unpaired) electrons. The summed E-state index contributed by atoms with van der Waals surface area (Å²) in [4.78, 5) is 2.48. The molecular formula is C16H28N2O. The molecule has 108 valence electrons. The van der Waals surface area contributed by atoms with Crippen LogP contribution in [-0.4, -0.2) is 29.7 Å². The van der Waals surface area contributed by atoms with Crippen LogP contribution in [0, 0.1) is 0 Å². The number of hydrogen-bond acceptors (Lipinski definition) is 3. The fourth-order valence-electron chi connectivity index (χ4n) is 2.31. The van der Waals surface area contributed by atoms with E-state index in [1.165, 1.54) is 24.8 Å². The largest absolute Gasteiger partial charge is 0.398 e. The minimum absolute atomic E-state index is 0.319. The van der Waals surface area contributed by atoms with E-state index in [-0.39, 0.29) is 0 Å². The molecule has 0 heterocycles. The Morgan fingerprint density at radius 1 is 1.05 bits per heavy atom. The third-order valence-electron chi connectivity index (χ3n) is 3.37. The molecule has 0 unspecified atom stereocenters. The molecule has 19 heavy (non-hydrogen) atoms. The summed E-state index contributed by atoms with van der Waals surface area (Å²) in [5, 5.41) is 8.76. The molecule has 0 atom stereocenters. The Hall–Kier alpha value is -1.06. The smallest absolute Gasteiger partial charge is 0.0431 e. The molecule has 0 amide bonds. The number of nitrogen functional groups attached to an aromatic ring is 1. The minimum Gasteiger partial charge on any atom is -0.398 e. The second-order valence-corrected chi connectivity index (χ2v) is 5.11. The highest BCUT2D eigenvalue weighted by Gasteiger charge is 2.06. The molecule has 3 heteroatoms. The number of rotatable bonds is 10. The van der Waals surface area contributed by atoms with Crippen LogP contribution in [0.15, 0.2) is 24.3 Å². The van der Waals surface area contributed by atoms with Gasteiger partial charge in [-0.15, -0.1) is 0 Å². The maximum atomic E-state index is 8.76. The predicted octanol–water partition coefficient (Wildman–Crippen LogP) is 3.03. The summed E-state index contributed by atoms with van der Waals surface area (Å²) in [6.07, 6.45) is 5.63. The van der Waals surface area contributed by atoms with E-state index in [1.54, 1.807) is 0 Å². The first-order valence-electron chi connectivity index (χ1n) is 7.44. The van der Waals surface area contributed by atoms with Gasteiger partial charge in [0.05, 0.1) is 0 Å². The monoisotopic (exact) mass is 264 g/mol. The van der Waals surface area contributed by atoms with E-state index in [4.69, 9.17) is 10.8 Å². The van der Waals surface area contributed by atoms with Gasteiger partial charge < -0.3 is 10.8 Å². The van der Waals surface area contributed by atoms with Gasteiger partial charge >= 0.3 is 0 Å². The third kappa shape index (κ3) is 6.60. The number of unbranched alkanes of at least 4 members (excludes halogenated alkanes) is 3. The zero-order chi connectivity index (χ0) is 13.9. The second-order valence-electron chi connectivity index (χ2n) is 5.11. The van der Waals surface area contributed by atoms with Crippen molar-refractivity contribution in [3.05, 3.63) is 29.8 Å². The summed E-state index contributed by atoms with van der Waals surface area (Å²) in [7, 11) is 0. The fraction of sp³-hybridized carbons (Fsp3) is 0.625. The Kier molecular flexibility index (Phi) is 8.26. The number of hydrogen-bond donors (Lipinski definition) is 2. The molecule has 1 rings (SSSR count). The van der Waals surface area contributed by atoms with Crippen molar-refractivity contribution in [3.8, 4) is 0 Å². The number of aliphatic hydroxyl groups is 1. The molecule has 0 aromatic heterocycles.